The van der Waals surface area contributed by atoms with Crippen LogP contribution in [0.25, 0.3) is 0 Å². The molecule has 0 radical (unpaired) electrons. The van der Waals surface area contributed by atoms with Gasteiger partial charge >= 0.3 is 0 Å². The first-order valence-electron chi connectivity index (χ1n) is 8.09. The van der Waals surface area contributed by atoms with E-state index in [-0.39, 0.29) is 0 Å². The topological polar surface area (TPSA) is 0 Å². The van der Waals surface area contributed by atoms with E-state index in [1.54, 1.807) is 0 Å². The van der Waals surface area contributed by atoms with Crippen LogP contribution in [0.5, 0.6) is 0 Å². The number of rotatable bonds is 9. The highest BCUT2D eigenvalue weighted by Gasteiger charge is 2.25. The highest BCUT2D eigenvalue weighted by atomic mass is 14.3. The van der Waals surface area contributed by atoms with Gasteiger partial charge in [0.15, 0.2) is 0 Å². The summed E-state index contributed by atoms with van der Waals surface area (Å²) in [6.07, 6.45) is 15.8. The molecule has 0 saturated heterocycles. The Morgan fingerprint density at radius 1 is 0.667 bits per heavy atom. The summed E-state index contributed by atoms with van der Waals surface area (Å²) in [6.45, 7) is 13.9. The lowest BCUT2D eigenvalue weighted by Gasteiger charge is -2.32. The van der Waals surface area contributed by atoms with E-state index in [0.29, 0.717) is 10.8 Å². The molecule has 0 aliphatic rings. The van der Waals surface area contributed by atoms with Crippen molar-refractivity contribution >= 4 is 0 Å². The number of allylic oxidation sites excluding steroid dienone is 2. The molecule has 0 saturated carbocycles. The van der Waals surface area contributed by atoms with Gasteiger partial charge in [-0.3, -0.25) is 0 Å². The summed E-state index contributed by atoms with van der Waals surface area (Å²) in [5, 5.41) is 0. The summed E-state index contributed by atoms with van der Waals surface area (Å²) in [4.78, 5) is 0. The number of unbranched alkanes of at least 4 members (excludes halogenated alkanes) is 2. The fraction of sp³-hybridized carbons (Fsp3) is 0.889. The zero-order valence-electron chi connectivity index (χ0n) is 13.8. The van der Waals surface area contributed by atoms with Gasteiger partial charge in [0.1, 0.15) is 0 Å². The van der Waals surface area contributed by atoms with E-state index < -0.39 is 0 Å². The molecule has 18 heavy (non-hydrogen) atoms. The molecule has 0 amide bonds. The monoisotopic (exact) mass is 252 g/mol. The third kappa shape index (κ3) is 7.95. The Morgan fingerprint density at radius 3 is 1.61 bits per heavy atom. The second kappa shape index (κ2) is 8.77. The van der Waals surface area contributed by atoms with E-state index in [2.05, 4.69) is 53.7 Å². The minimum atomic E-state index is 0.317. The fourth-order valence-electron chi connectivity index (χ4n) is 2.77. The molecular weight excluding hydrogens is 216 g/mol. The number of hydrogen-bond donors (Lipinski definition) is 0. The van der Waals surface area contributed by atoms with Crippen molar-refractivity contribution in [3.05, 3.63) is 12.2 Å². The minimum absolute atomic E-state index is 0.317. The molecule has 108 valence electrons. The van der Waals surface area contributed by atoms with Crippen molar-refractivity contribution in [3.63, 3.8) is 0 Å². The summed E-state index contributed by atoms with van der Waals surface area (Å²) in [5.41, 5.74) is 0.795. The highest BCUT2D eigenvalue weighted by molar-refractivity contribution is 5.03. The van der Waals surface area contributed by atoms with Gasteiger partial charge in [-0.15, -0.1) is 0 Å². The van der Waals surface area contributed by atoms with Gasteiger partial charge < -0.3 is 0 Å². The van der Waals surface area contributed by atoms with Crippen LogP contribution in [0.4, 0.5) is 0 Å². The van der Waals surface area contributed by atoms with Crippen LogP contribution in [0.1, 0.15) is 92.9 Å². The van der Waals surface area contributed by atoms with Crippen molar-refractivity contribution in [1.29, 1.82) is 0 Å². The Bertz CT molecular complexity index is 211. The van der Waals surface area contributed by atoms with Gasteiger partial charge in [0.25, 0.3) is 0 Å². The Labute approximate surface area is 116 Å². The predicted molar refractivity (Wildman–Crippen MR) is 85.0 cm³/mol. The maximum absolute atomic E-state index is 2.57. The molecule has 0 aromatic rings. The summed E-state index contributed by atoms with van der Waals surface area (Å²) >= 11 is 0. The molecule has 0 rings (SSSR count). The highest BCUT2D eigenvalue weighted by Crippen LogP contribution is 2.38. The average Bonchev–Trinajstić information content (AvgIpc) is 2.27. The first-order chi connectivity index (χ1) is 8.39. The van der Waals surface area contributed by atoms with Crippen molar-refractivity contribution in [1.82, 2.24) is 0 Å². The zero-order chi connectivity index (χ0) is 14.1. The Hall–Kier alpha value is -0.260. The van der Waals surface area contributed by atoms with Gasteiger partial charge in [-0.25, -0.2) is 0 Å². The normalized spacial score (nSPS) is 13.4. The van der Waals surface area contributed by atoms with Crippen LogP contribution in [0.15, 0.2) is 12.2 Å². The molecule has 0 nitrogen and oxygen atoms in total. The van der Waals surface area contributed by atoms with Gasteiger partial charge in [0.2, 0.25) is 0 Å². The van der Waals surface area contributed by atoms with Gasteiger partial charge in [-0.1, -0.05) is 85.8 Å². The predicted octanol–water partition coefficient (Wildman–Crippen LogP) is 6.76. The van der Waals surface area contributed by atoms with Crippen LogP contribution in [0.3, 0.4) is 0 Å². The third-order valence-corrected chi connectivity index (χ3v) is 3.71. The molecule has 0 N–H and O–H groups in total. The molecular formula is C18H36. The average molecular weight is 252 g/mol. The quantitative estimate of drug-likeness (QED) is 0.314. The number of hydrogen-bond acceptors (Lipinski definition) is 0. The first kappa shape index (κ1) is 17.7. The van der Waals surface area contributed by atoms with E-state index in [1.165, 1.54) is 51.4 Å². The van der Waals surface area contributed by atoms with E-state index >= 15 is 0 Å². The second-order valence-electron chi connectivity index (χ2n) is 7.02. The van der Waals surface area contributed by atoms with E-state index in [9.17, 15) is 0 Å². The van der Waals surface area contributed by atoms with Crippen molar-refractivity contribution < 1.29 is 0 Å². The molecule has 0 aliphatic carbocycles. The van der Waals surface area contributed by atoms with Gasteiger partial charge in [-0.05, 0) is 30.1 Å². The second-order valence-corrected chi connectivity index (χ2v) is 7.02. The molecule has 0 fully saturated rings. The van der Waals surface area contributed by atoms with Crippen molar-refractivity contribution in [3.8, 4) is 0 Å². The molecule has 0 spiro atoms. The van der Waals surface area contributed by atoms with Crippen LogP contribution >= 0.6 is 0 Å². The third-order valence-electron chi connectivity index (χ3n) is 3.71. The van der Waals surface area contributed by atoms with Crippen LogP contribution in [0.2, 0.25) is 0 Å². The van der Waals surface area contributed by atoms with Crippen molar-refractivity contribution in [2.24, 2.45) is 10.8 Å². The van der Waals surface area contributed by atoms with Gasteiger partial charge in [0, 0.05) is 0 Å². The van der Waals surface area contributed by atoms with Crippen molar-refractivity contribution in [2.45, 2.75) is 92.9 Å². The Kier molecular flexibility index (Phi) is 8.65. The Morgan fingerprint density at radius 2 is 1.22 bits per heavy atom. The summed E-state index contributed by atoms with van der Waals surface area (Å²) < 4.78 is 0. The fourth-order valence-corrected chi connectivity index (χ4v) is 2.77. The molecule has 0 aliphatic heterocycles. The van der Waals surface area contributed by atoms with E-state index in [4.69, 9.17) is 0 Å². The summed E-state index contributed by atoms with van der Waals surface area (Å²) in [5.74, 6) is 0. The maximum atomic E-state index is 2.57. The lowest BCUT2D eigenvalue weighted by Crippen LogP contribution is -2.19. The summed E-state index contributed by atoms with van der Waals surface area (Å²) in [7, 11) is 0. The van der Waals surface area contributed by atoms with Gasteiger partial charge in [-0.2, -0.15) is 0 Å². The molecule has 0 bridgehead atoms. The first-order valence-corrected chi connectivity index (χ1v) is 8.09. The molecule has 0 heteroatoms. The molecule has 0 atom stereocenters. The van der Waals surface area contributed by atoms with Gasteiger partial charge in [0.05, 0.1) is 0 Å². The van der Waals surface area contributed by atoms with Crippen LogP contribution in [-0.2, 0) is 0 Å². The Balaban J connectivity index is 4.77. The van der Waals surface area contributed by atoms with Crippen molar-refractivity contribution in [2.75, 3.05) is 0 Å². The SMILES string of the molecule is CCCCCC(/C=C/C(C)(C)C)(CCC)CCC. The lowest BCUT2D eigenvalue weighted by atomic mass is 9.73. The zero-order valence-corrected chi connectivity index (χ0v) is 13.8. The molecule has 0 aromatic carbocycles. The van der Waals surface area contributed by atoms with E-state index in [1.807, 2.05) is 0 Å². The maximum Gasteiger partial charge on any atom is -0.0118 e. The summed E-state index contributed by atoms with van der Waals surface area (Å²) in [6, 6.07) is 0. The smallest absolute Gasteiger partial charge is 0.0118 e. The lowest BCUT2D eigenvalue weighted by molar-refractivity contribution is 0.277. The molecule has 0 unspecified atom stereocenters. The molecule has 0 heterocycles. The van der Waals surface area contributed by atoms with Crippen LogP contribution in [-0.4, -0.2) is 0 Å². The largest absolute Gasteiger partial charge is 0.0826 e. The van der Waals surface area contributed by atoms with Crippen LogP contribution in [0, 0.1) is 10.8 Å². The molecule has 0 aromatic heterocycles. The standard InChI is InChI=1S/C18H36/c1-7-10-11-14-18(12-8-2,13-9-3)16-15-17(4,5)6/h15-16H,7-14H2,1-6H3/b16-15+. The van der Waals surface area contributed by atoms with Crippen LogP contribution < -0.4 is 0 Å². The van der Waals surface area contributed by atoms with E-state index in [0.717, 1.165) is 0 Å². The minimum Gasteiger partial charge on any atom is -0.0826 e.